The number of benzene rings is 1. The van der Waals surface area contributed by atoms with Gasteiger partial charge in [0, 0.05) is 44.2 Å². The number of likely N-dealkylation sites (tertiary alicyclic amines) is 1. The molecule has 0 bridgehead atoms. The van der Waals surface area contributed by atoms with Gasteiger partial charge in [-0.05, 0) is 56.7 Å². The fourth-order valence-electron chi connectivity index (χ4n) is 5.21. The summed E-state index contributed by atoms with van der Waals surface area (Å²) in [6.07, 6.45) is 5.26. The van der Waals surface area contributed by atoms with Crippen LogP contribution >= 0.6 is 0 Å². The van der Waals surface area contributed by atoms with Gasteiger partial charge in [0.1, 0.15) is 6.04 Å². The average molecular weight is 427 g/mol. The lowest BCUT2D eigenvalue weighted by Crippen LogP contribution is -2.45. The number of nitrogens with one attached hydrogen (secondary N) is 1. The molecule has 0 aromatic heterocycles. The van der Waals surface area contributed by atoms with Crippen molar-refractivity contribution in [2.75, 3.05) is 42.9 Å². The highest BCUT2D eigenvalue weighted by Gasteiger charge is 2.37. The molecule has 7 heteroatoms. The molecule has 1 aromatic rings. The number of hydrogen-bond acceptors (Lipinski definition) is 4. The van der Waals surface area contributed by atoms with Gasteiger partial charge in [-0.25, -0.2) is 0 Å². The van der Waals surface area contributed by atoms with E-state index in [9.17, 15) is 14.4 Å². The van der Waals surface area contributed by atoms with Gasteiger partial charge < -0.3 is 20.0 Å². The molecule has 1 aromatic carbocycles. The molecular weight excluding hydrogens is 392 g/mol. The highest BCUT2D eigenvalue weighted by molar-refractivity contribution is 6.06. The van der Waals surface area contributed by atoms with Gasteiger partial charge in [-0.1, -0.05) is 13.8 Å². The van der Waals surface area contributed by atoms with Gasteiger partial charge in [0.25, 0.3) is 5.91 Å². The predicted molar refractivity (Wildman–Crippen MR) is 121 cm³/mol. The fraction of sp³-hybridized carbons (Fsp3) is 0.625. The van der Waals surface area contributed by atoms with Crippen LogP contribution in [0.1, 0.15) is 62.7 Å². The van der Waals surface area contributed by atoms with Gasteiger partial charge >= 0.3 is 0 Å². The number of rotatable bonds is 6. The van der Waals surface area contributed by atoms with Crippen molar-refractivity contribution in [2.24, 2.45) is 5.92 Å². The summed E-state index contributed by atoms with van der Waals surface area (Å²) < 4.78 is 0. The Labute approximate surface area is 184 Å². The largest absolute Gasteiger partial charge is 0.358 e. The lowest BCUT2D eigenvalue weighted by atomic mass is 9.94. The topological polar surface area (TPSA) is 73.0 Å². The number of nitrogens with zero attached hydrogens (tertiary/aromatic N) is 3. The highest BCUT2D eigenvalue weighted by Crippen LogP contribution is 2.37. The monoisotopic (exact) mass is 426 g/mol. The lowest BCUT2D eigenvalue weighted by Gasteiger charge is -2.35. The maximum Gasteiger partial charge on any atom is 0.253 e. The van der Waals surface area contributed by atoms with Crippen LogP contribution in [0.15, 0.2) is 18.2 Å². The molecule has 7 nitrogen and oxygen atoms in total. The van der Waals surface area contributed by atoms with Crippen molar-refractivity contribution < 1.29 is 14.4 Å². The van der Waals surface area contributed by atoms with E-state index in [1.165, 1.54) is 0 Å². The highest BCUT2D eigenvalue weighted by atomic mass is 16.2. The molecule has 1 unspecified atom stereocenters. The lowest BCUT2D eigenvalue weighted by molar-refractivity contribution is -0.137. The summed E-state index contributed by atoms with van der Waals surface area (Å²) in [5.74, 6) is 0.257. The van der Waals surface area contributed by atoms with Gasteiger partial charge in [0.2, 0.25) is 11.8 Å². The number of carbonyl (C=O) groups excluding carboxylic acids is 3. The average Bonchev–Trinajstić information content (AvgIpc) is 3.29. The van der Waals surface area contributed by atoms with Crippen LogP contribution in [0.5, 0.6) is 0 Å². The molecule has 168 valence electrons. The van der Waals surface area contributed by atoms with Gasteiger partial charge in [-0.15, -0.1) is 0 Å². The van der Waals surface area contributed by atoms with Crippen LogP contribution in [-0.2, 0) is 9.59 Å². The molecule has 1 N–H and O–H groups in total. The van der Waals surface area contributed by atoms with Crippen LogP contribution in [0.25, 0.3) is 0 Å². The zero-order valence-corrected chi connectivity index (χ0v) is 18.7. The summed E-state index contributed by atoms with van der Waals surface area (Å²) in [4.78, 5) is 44.4. The maximum atomic E-state index is 13.1. The molecule has 0 aliphatic carbocycles. The van der Waals surface area contributed by atoms with E-state index in [0.717, 1.165) is 56.7 Å². The van der Waals surface area contributed by atoms with Crippen molar-refractivity contribution in [1.82, 2.24) is 9.80 Å². The molecule has 31 heavy (non-hydrogen) atoms. The fourth-order valence-corrected chi connectivity index (χ4v) is 5.21. The van der Waals surface area contributed by atoms with Crippen molar-refractivity contribution in [3.8, 4) is 0 Å². The van der Waals surface area contributed by atoms with Crippen molar-refractivity contribution >= 4 is 29.1 Å². The predicted octanol–water partition coefficient (Wildman–Crippen LogP) is 3.11. The van der Waals surface area contributed by atoms with Crippen LogP contribution in [0, 0.1) is 5.92 Å². The van der Waals surface area contributed by atoms with Gasteiger partial charge in [0.05, 0.1) is 11.4 Å². The summed E-state index contributed by atoms with van der Waals surface area (Å²) in [6, 6.07) is 5.57. The van der Waals surface area contributed by atoms with E-state index in [4.69, 9.17) is 0 Å². The number of fused-ring (bicyclic) bond motifs is 3. The summed E-state index contributed by atoms with van der Waals surface area (Å²) in [7, 11) is 0. The molecular formula is C24H34N4O3. The van der Waals surface area contributed by atoms with E-state index < -0.39 is 0 Å². The second-order valence-electron chi connectivity index (χ2n) is 8.96. The zero-order valence-electron chi connectivity index (χ0n) is 18.7. The number of carbonyl (C=O) groups is 3. The second-order valence-corrected chi connectivity index (χ2v) is 8.96. The van der Waals surface area contributed by atoms with E-state index in [1.807, 2.05) is 28.0 Å². The van der Waals surface area contributed by atoms with Crippen LogP contribution in [0.3, 0.4) is 0 Å². The van der Waals surface area contributed by atoms with Crippen LogP contribution < -0.4 is 10.2 Å². The molecule has 3 heterocycles. The first-order valence-corrected chi connectivity index (χ1v) is 11.8. The minimum atomic E-state index is -0.0781. The summed E-state index contributed by atoms with van der Waals surface area (Å²) >= 11 is 0. The number of piperidine rings is 1. The second kappa shape index (κ2) is 9.28. The smallest absolute Gasteiger partial charge is 0.253 e. The summed E-state index contributed by atoms with van der Waals surface area (Å²) in [5, 5.41) is 2.99. The van der Waals surface area contributed by atoms with Crippen molar-refractivity contribution in [2.45, 2.75) is 58.4 Å². The first kappa shape index (κ1) is 21.7. The first-order chi connectivity index (χ1) is 15.0. The molecule has 4 rings (SSSR count). The Morgan fingerprint density at radius 2 is 1.77 bits per heavy atom. The molecule has 3 aliphatic rings. The summed E-state index contributed by atoms with van der Waals surface area (Å²) in [5.41, 5.74) is 2.34. The van der Waals surface area contributed by atoms with E-state index in [2.05, 4.69) is 24.1 Å². The van der Waals surface area contributed by atoms with E-state index in [0.29, 0.717) is 31.5 Å². The Morgan fingerprint density at radius 1 is 1.06 bits per heavy atom. The first-order valence-electron chi connectivity index (χ1n) is 11.8. The van der Waals surface area contributed by atoms with Crippen LogP contribution in [0.4, 0.5) is 11.4 Å². The number of hydrogen-bond donors (Lipinski definition) is 1. The van der Waals surface area contributed by atoms with Crippen molar-refractivity contribution in [3.05, 3.63) is 23.8 Å². The maximum absolute atomic E-state index is 13.1. The van der Waals surface area contributed by atoms with Gasteiger partial charge in [-0.2, -0.15) is 0 Å². The van der Waals surface area contributed by atoms with Crippen molar-refractivity contribution in [3.63, 3.8) is 0 Å². The minimum absolute atomic E-state index is 0.0112. The normalized spacial score (nSPS) is 20.8. The molecule has 0 spiro atoms. The van der Waals surface area contributed by atoms with E-state index in [-0.39, 0.29) is 29.7 Å². The molecule has 2 saturated heterocycles. The number of anilines is 2. The third kappa shape index (κ3) is 4.27. The van der Waals surface area contributed by atoms with Crippen LogP contribution in [-0.4, -0.2) is 66.3 Å². The molecule has 3 aliphatic heterocycles. The number of amides is 3. The molecule has 3 amide bonds. The Bertz CT molecular complexity index is 841. The van der Waals surface area contributed by atoms with E-state index >= 15 is 0 Å². The standard InChI is InChI=1S/C24H34N4O3/c1-3-11-26(12-4-2)23(30)17-9-14-27(15-10-17)24(31)18-7-8-20-19(16-18)25-22(29)21-6-5-13-28(20)21/h7-8,16-17,21H,3-6,9-15H2,1-2H3,(H,25,29). The zero-order chi connectivity index (χ0) is 22.0. The SMILES string of the molecule is CCCN(CCC)C(=O)C1CCN(C(=O)c2ccc3c(c2)NC(=O)C2CCCN32)CC1. The Balaban J connectivity index is 1.40. The molecule has 0 radical (unpaired) electrons. The quantitative estimate of drug-likeness (QED) is 0.759. The molecule has 1 atom stereocenters. The third-order valence-electron chi connectivity index (χ3n) is 6.80. The molecule has 2 fully saturated rings. The third-order valence-corrected chi connectivity index (χ3v) is 6.80. The van der Waals surface area contributed by atoms with Gasteiger partial charge in [-0.3, -0.25) is 14.4 Å². The minimum Gasteiger partial charge on any atom is -0.358 e. The van der Waals surface area contributed by atoms with E-state index in [1.54, 1.807) is 0 Å². The Kier molecular flexibility index (Phi) is 6.49. The Morgan fingerprint density at radius 3 is 2.45 bits per heavy atom. The van der Waals surface area contributed by atoms with Crippen LogP contribution in [0.2, 0.25) is 0 Å². The van der Waals surface area contributed by atoms with Gasteiger partial charge in [0.15, 0.2) is 0 Å². The molecule has 0 saturated carbocycles. The Hall–Kier alpha value is -2.57. The summed E-state index contributed by atoms with van der Waals surface area (Å²) in [6.45, 7) is 7.89. The van der Waals surface area contributed by atoms with Crippen molar-refractivity contribution in [1.29, 1.82) is 0 Å².